The van der Waals surface area contributed by atoms with E-state index in [-0.39, 0.29) is 31.8 Å². The van der Waals surface area contributed by atoms with E-state index in [0.717, 1.165) is 69.9 Å². The van der Waals surface area contributed by atoms with Gasteiger partial charge in [0.1, 0.15) is 18.9 Å². The second-order valence-electron chi connectivity index (χ2n) is 12.5. The Morgan fingerprint density at radius 1 is 0.640 bits per heavy atom. The first kappa shape index (κ1) is 47.8. The van der Waals surface area contributed by atoms with Gasteiger partial charge in [-0.3, -0.25) is 19.9 Å². The van der Waals surface area contributed by atoms with Crippen molar-refractivity contribution in [3.8, 4) is 0 Å². The number of carbonyl (C=O) groups is 3. The van der Waals surface area contributed by atoms with Crippen LogP contribution in [0.15, 0.2) is 4.99 Å². The fraction of sp³-hybridized carbons (Fsp3) is 0.889. The number of carboxylic acid groups (broad SMARTS) is 2. The molecule has 14 nitrogen and oxygen atoms in total. The van der Waals surface area contributed by atoms with E-state index in [0.29, 0.717) is 72.4 Å². The number of ether oxygens (including phenoxy) is 4. The highest BCUT2D eigenvalue weighted by atomic mass is 16.5. The Hall–Kier alpha value is -2.20. The molecule has 0 aromatic rings. The number of rotatable bonds is 39. The van der Waals surface area contributed by atoms with Crippen molar-refractivity contribution in [3.63, 3.8) is 0 Å². The van der Waals surface area contributed by atoms with Gasteiger partial charge in [0.05, 0.1) is 46.2 Å². The minimum atomic E-state index is -0.978. The highest BCUT2D eigenvalue weighted by molar-refractivity contribution is 5.85. The molecular formula is C36H70N4O10. The molecule has 0 aromatic heterocycles. The average Bonchev–Trinajstić information content (AvgIpc) is 3.08. The Labute approximate surface area is 300 Å². The zero-order valence-corrected chi connectivity index (χ0v) is 31.1. The average molecular weight is 719 g/mol. The molecule has 0 spiro atoms. The second kappa shape index (κ2) is 36.6. The topological polar surface area (TPSA) is 197 Å². The molecule has 2 unspecified atom stereocenters. The third-order valence-electron chi connectivity index (χ3n) is 7.86. The van der Waals surface area contributed by atoms with Crippen LogP contribution in [-0.4, -0.2) is 130 Å². The lowest BCUT2D eigenvalue weighted by molar-refractivity contribution is -0.139. The molecule has 0 aliphatic carbocycles. The molecule has 0 saturated carbocycles. The van der Waals surface area contributed by atoms with E-state index in [1.165, 1.54) is 19.3 Å². The summed E-state index contributed by atoms with van der Waals surface area (Å²) < 4.78 is 21.8. The summed E-state index contributed by atoms with van der Waals surface area (Å²) in [6, 6.07) is -0.863. The molecule has 0 aliphatic heterocycles. The number of aliphatic hydroxyl groups excluding tert-OH is 1. The molecule has 0 aliphatic rings. The number of aliphatic carboxylic acids is 2. The van der Waals surface area contributed by atoms with Crippen LogP contribution in [0.3, 0.4) is 0 Å². The van der Waals surface area contributed by atoms with Gasteiger partial charge >= 0.3 is 11.9 Å². The first-order chi connectivity index (χ1) is 24.3. The number of hydrogen-bond acceptors (Lipinski definition) is 11. The van der Waals surface area contributed by atoms with Gasteiger partial charge in [0, 0.05) is 38.3 Å². The molecule has 294 valence electrons. The van der Waals surface area contributed by atoms with Crippen LogP contribution >= 0.6 is 0 Å². The molecule has 0 saturated heterocycles. The van der Waals surface area contributed by atoms with Gasteiger partial charge < -0.3 is 44.9 Å². The molecule has 14 heteroatoms. The lowest BCUT2D eigenvalue weighted by Crippen LogP contribution is -2.33. The molecule has 0 bridgehead atoms. The monoisotopic (exact) mass is 719 g/mol. The van der Waals surface area contributed by atoms with Crippen LogP contribution in [0.2, 0.25) is 0 Å². The van der Waals surface area contributed by atoms with E-state index < -0.39 is 24.2 Å². The van der Waals surface area contributed by atoms with Crippen LogP contribution in [-0.2, 0) is 33.3 Å². The van der Waals surface area contributed by atoms with Gasteiger partial charge in [-0.05, 0) is 45.4 Å². The number of nitrogens with zero attached hydrogens (tertiary/aromatic N) is 1. The number of carbonyl (C=O) groups excluding carboxylic acids is 1. The van der Waals surface area contributed by atoms with E-state index >= 15 is 0 Å². The number of nitrogens with one attached hydrogen (secondary N) is 3. The molecule has 0 aromatic carbocycles. The van der Waals surface area contributed by atoms with Gasteiger partial charge in [-0.2, -0.15) is 0 Å². The predicted molar refractivity (Wildman–Crippen MR) is 195 cm³/mol. The Bertz CT molecular complexity index is 850. The van der Waals surface area contributed by atoms with Crippen LogP contribution in [0.25, 0.3) is 0 Å². The van der Waals surface area contributed by atoms with Gasteiger partial charge in [0.2, 0.25) is 5.91 Å². The van der Waals surface area contributed by atoms with E-state index in [2.05, 4.69) is 27.9 Å². The Morgan fingerprint density at radius 2 is 1.16 bits per heavy atom. The van der Waals surface area contributed by atoms with Gasteiger partial charge in [0.25, 0.3) is 0 Å². The van der Waals surface area contributed by atoms with Crippen molar-refractivity contribution >= 4 is 23.6 Å². The summed E-state index contributed by atoms with van der Waals surface area (Å²) in [5, 5.41) is 37.4. The normalized spacial score (nSPS) is 13.0. The summed E-state index contributed by atoms with van der Waals surface area (Å²) >= 11 is 0. The molecule has 1 amide bonds. The maximum atomic E-state index is 11.7. The number of aliphatic hydroxyl groups is 1. The number of carboxylic acids is 2. The minimum Gasteiger partial charge on any atom is -0.481 e. The highest BCUT2D eigenvalue weighted by Gasteiger charge is 2.18. The van der Waals surface area contributed by atoms with Crippen molar-refractivity contribution in [2.75, 3.05) is 79.0 Å². The molecule has 50 heavy (non-hydrogen) atoms. The van der Waals surface area contributed by atoms with Crippen molar-refractivity contribution in [1.29, 1.82) is 0 Å². The predicted octanol–water partition coefficient (Wildman–Crippen LogP) is 3.93. The molecule has 2 atom stereocenters. The minimum absolute atomic E-state index is 0.0576. The summed E-state index contributed by atoms with van der Waals surface area (Å²) in [7, 11) is 0. The molecular weight excluding hydrogens is 648 g/mol. The number of amides is 1. The zero-order chi connectivity index (χ0) is 36.9. The van der Waals surface area contributed by atoms with E-state index in [1.807, 2.05) is 6.92 Å². The Balaban J connectivity index is 3.64. The number of unbranched alkanes of at least 4 members (excludes halogenated alkanes) is 10. The first-order valence-corrected chi connectivity index (χ1v) is 18.9. The lowest BCUT2D eigenvalue weighted by Gasteiger charge is -2.15. The summed E-state index contributed by atoms with van der Waals surface area (Å²) in [4.78, 5) is 38.1. The second-order valence-corrected chi connectivity index (χ2v) is 12.5. The molecule has 6 N–H and O–H groups in total. The van der Waals surface area contributed by atoms with Crippen LogP contribution < -0.4 is 16.0 Å². The Kier molecular flexibility index (Phi) is 35.0. The standard InChI is InChI=1S/C36H70N4O10/c1-3-4-19-38-34(42)30-50-29-28-48-24-21-37-20-23-47-26-27-49-25-22-39-33(41)18-17-32(36(45)46)40-31(2)15-13-11-9-7-5-6-8-10-12-14-16-35(43)44/h32-33,37,39,41H,3-30H2,1-2H3,(H,38,42)(H,43,44)(H,45,46). The SMILES string of the molecule is CCCCNC(=O)COCCOCCNCCOCCOCCNC(O)CCC(N=C(C)CCCCCCCCCCCCC(=O)O)C(=O)O. The third-order valence-corrected chi connectivity index (χ3v) is 7.86. The Morgan fingerprint density at radius 3 is 1.70 bits per heavy atom. The molecule has 0 rings (SSSR count). The third kappa shape index (κ3) is 35.6. The smallest absolute Gasteiger partial charge is 0.328 e. The fourth-order valence-electron chi connectivity index (χ4n) is 4.94. The van der Waals surface area contributed by atoms with Crippen molar-refractivity contribution in [1.82, 2.24) is 16.0 Å². The van der Waals surface area contributed by atoms with Crippen LogP contribution in [0.4, 0.5) is 0 Å². The maximum absolute atomic E-state index is 11.7. The largest absolute Gasteiger partial charge is 0.481 e. The first-order valence-electron chi connectivity index (χ1n) is 18.9. The number of aliphatic imine (C=N–C) groups is 1. The van der Waals surface area contributed by atoms with Crippen molar-refractivity contribution in [2.24, 2.45) is 4.99 Å². The van der Waals surface area contributed by atoms with Crippen LogP contribution in [0.1, 0.15) is 117 Å². The lowest BCUT2D eigenvalue weighted by atomic mass is 10.0. The highest BCUT2D eigenvalue weighted by Crippen LogP contribution is 2.13. The number of hydrogen-bond donors (Lipinski definition) is 6. The zero-order valence-electron chi connectivity index (χ0n) is 31.1. The van der Waals surface area contributed by atoms with Gasteiger partial charge in [0.15, 0.2) is 0 Å². The maximum Gasteiger partial charge on any atom is 0.328 e. The van der Waals surface area contributed by atoms with Crippen LogP contribution in [0, 0.1) is 0 Å². The molecule has 0 heterocycles. The molecule has 0 radical (unpaired) electrons. The van der Waals surface area contributed by atoms with E-state index in [1.54, 1.807) is 0 Å². The van der Waals surface area contributed by atoms with Crippen molar-refractivity contribution in [2.45, 2.75) is 129 Å². The van der Waals surface area contributed by atoms with Crippen molar-refractivity contribution < 1.29 is 48.7 Å². The fourth-order valence-corrected chi connectivity index (χ4v) is 4.94. The van der Waals surface area contributed by atoms with Gasteiger partial charge in [-0.15, -0.1) is 0 Å². The summed E-state index contributed by atoms with van der Waals surface area (Å²) in [5.74, 6) is -1.79. The quantitative estimate of drug-likeness (QED) is 0.0305. The van der Waals surface area contributed by atoms with E-state index in [9.17, 15) is 24.6 Å². The van der Waals surface area contributed by atoms with E-state index in [4.69, 9.17) is 24.1 Å². The van der Waals surface area contributed by atoms with Crippen LogP contribution in [0.5, 0.6) is 0 Å². The summed E-state index contributed by atoms with van der Waals surface area (Å²) in [6.07, 6.45) is 13.6. The summed E-state index contributed by atoms with van der Waals surface area (Å²) in [6.45, 7) is 9.71. The van der Waals surface area contributed by atoms with Gasteiger partial charge in [-0.1, -0.05) is 64.7 Å². The van der Waals surface area contributed by atoms with Gasteiger partial charge in [-0.25, -0.2) is 4.79 Å². The van der Waals surface area contributed by atoms with Crippen molar-refractivity contribution in [3.05, 3.63) is 0 Å². The molecule has 0 fully saturated rings. The summed E-state index contributed by atoms with van der Waals surface area (Å²) in [5.41, 5.74) is 0.834.